The highest BCUT2D eigenvalue weighted by Gasteiger charge is 2.23. The van der Waals surface area contributed by atoms with Crippen LogP contribution in [0.1, 0.15) is 13.3 Å². The summed E-state index contributed by atoms with van der Waals surface area (Å²) in [6.07, 6.45) is -0.327. The van der Waals surface area contributed by atoms with Crippen molar-refractivity contribution >= 4 is 26.8 Å². The average Bonchev–Trinajstić information content (AvgIpc) is 2.02. The van der Waals surface area contributed by atoms with Crippen molar-refractivity contribution in [2.45, 2.75) is 13.3 Å². The Morgan fingerprint density at radius 1 is 1.50 bits per heavy atom. The van der Waals surface area contributed by atoms with Crippen molar-refractivity contribution in [2.75, 3.05) is 0 Å². The zero-order valence-corrected chi connectivity index (χ0v) is 8.00. The summed E-state index contributed by atoms with van der Waals surface area (Å²) in [4.78, 5) is 13.9. The fraction of sp³-hybridized carbons (Fsp3) is 0.286. The molecule has 7 heteroatoms. The van der Waals surface area contributed by atoms with Crippen molar-refractivity contribution in [3.63, 3.8) is 0 Å². The topological polar surface area (TPSA) is 104 Å². The molecule has 0 amide bonds. The summed E-state index contributed by atoms with van der Waals surface area (Å²) in [5, 5.41) is 17.7. The number of carboxylic acids is 1. The van der Waals surface area contributed by atoms with Crippen molar-refractivity contribution in [3.05, 3.63) is 11.5 Å². The van der Waals surface area contributed by atoms with Crippen molar-refractivity contribution in [3.8, 4) is 0 Å². The molecule has 0 aromatic carbocycles. The number of hydrogen-bond acceptors (Lipinski definition) is 5. The van der Waals surface area contributed by atoms with Crippen LogP contribution in [0.15, 0.2) is 16.4 Å². The molecule has 0 bridgehead atoms. The first kappa shape index (κ1) is 10.5. The Morgan fingerprint density at radius 3 is 2.50 bits per heavy atom. The quantitative estimate of drug-likeness (QED) is 0.590. The Labute approximate surface area is 80.7 Å². The van der Waals surface area contributed by atoms with Gasteiger partial charge in [0.25, 0.3) is 0 Å². The number of aliphatic hydroxyl groups excluding tert-OH is 1. The van der Waals surface area contributed by atoms with Crippen molar-refractivity contribution in [1.29, 1.82) is 0 Å². The lowest BCUT2D eigenvalue weighted by Gasteiger charge is -2.10. The average molecular weight is 217 g/mol. The van der Waals surface area contributed by atoms with Crippen molar-refractivity contribution < 1.29 is 23.4 Å². The lowest BCUT2D eigenvalue weighted by atomic mass is 10.1. The molecule has 0 unspecified atom stereocenters. The van der Waals surface area contributed by atoms with Gasteiger partial charge in [-0.25, -0.2) is 9.79 Å². The fourth-order valence-corrected chi connectivity index (χ4v) is 1.56. The molecular weight excluding hydrogens is 210 g/mol. The number of carbonyl (C=O) groups is 1. The van der Waals surface area contributed by atoms with Crippen LogP contribution in [0.2, 0.25) is 0 Å². The first-order valence-electron chi connectivity index (χ1n) is 3.59. The van der Waals surface area contributed by atoms with Gasteiger partial charge in [-0.05, 0) is 6.92 Å². The highest BCUT2D eigenvalue weighted by Crippen LogP contribution is 2.15. The first-order valence-corrected chi connectivity index (χ1v) is 4.67. The minimum absolute atomic E-state index is 0.111. The second-order valence-corrected chi connectivity index (χ2v) is 3.60. The molecule has 0 aromatic rings. The zero-order valence-electron chi connectivity index (χ0n) is 7.18. The maximum absolute atomic E-state index is 10.6. The summed E-state index contributed by atoms with van der Waals surface area (Å²) in [5.74, 6) is -2.01. The molecule has 1 rings (SSSR count). The van der Waals surface area contributed by atoms with Crippen LogP contribution in [-0.4, -0.2) is 35.2 Å². The second kappa shape index (κ2) is 3.62. The number of hydrogen-bond donors (Lipinski definition) is 2. The molecule has 2 N–H and O–H groups in total. The van der Waals surface area contributed by atoms with Crippen LogP contribution in [0.25, 0.3) is 0 Å². The van der Waals surface area contributed by atoms with Crippen molar-refractivity contribution in [1.82, 2.24) is 0 Å². The Balaban J connectivity index is 3.34. The van der Waals surface area contributed by atoms with E-state index >= 15 is 0 Å². The number of rotatable bonds is 1. The van der Waals surface area contributed by atoms with Gasteiger partial charge in [0.2, 0.25) is 16.2 Å². The van der Waals surface area contributed by atoms with E-state index in [2.05, 4.69) is 4.99 Å². The smallest absolute Gasteiger partial charge is 0.337 e. The number of aliphatic hydroxyl groups is 1. The van der Waals surface area contributed by atoms with Gasteiger partial charge in [0.05, 0.1) is 10.6 Å². The lowest BCUT2D eigenvalue weighted by Crippen LogP contribution is -2.21. The highest BCUT2D eigenvalue weighted by atomic mass is 32.2. The summed E-state index contributed by atoms with van der Waals surface area (Å²) >= 11 is 0. The van der Waals surface area contributed by atoms with Gasteiger partial charge >= 0.3 is 5.97 Å². The predicted octanol–water partition coefficient (Wildman–Crippen LogP) is -0.243. The molecule has 76 valence electrons. The second-order valence-electron chi connectivity index (χ2n) is 2.64. The normalized spacial score (nSPS) is 16.6. The summed E-state index contributed by atoms with van der Waals surface area (Å²) in [6, 6.07) is 0. The summed E-state index contributed by atoms with van der Waals surface area (Å²) < 4.78 is 21.2. The highest BCUT2D eigenvalue weighted by molar-refractivity contribution is 7.74. The maximum Gasteiger partial charge on any atom is 0.337 e. The van der Waals surface area contributed by atoms with Crippen LogP contribution < -0.4 is 0 Å². The number of aliphatic imine (C=N–C) groups is 1. The van der Waals surface area contributed by atoms with E-state index in [0.717, 1.165) is 0 Å². The molecule has 1 aliphatic heterocycles. The van der Waals surface area contributed by atoms with E-state index in [1.54, 1.807) is 0 Å². The molecule has 1 aliphatic rings. The molecule has 6 nitrogen and oxygen atoms in total. The van der Waals surface area contributed by atoms with Gasteiger partial charge in [-0.15, -0.1) is 0 Å². The molecular formula is C7H7NO5S. The van der Waals surface area contributed by atoms with E-state index in [-0.39, 0.29) is 17.0 Å². The largest absolute Gasteiger partial charge is 0.493 e. The maximum atomic E-state index is 10.6. The van der Waals surface area contributed by atoms with E-state index in [9.17, 15) is 13.2 Å². The van der Waals surface area contributed by atoms with Crippen LogP contribution >= 0.6 is 0 Å². The van der Waals surface area contributed by atoms with Gasteiger partial charge in [0.1, 0.15) is 5.57 Å². The predicted molar refractivity (Wildman–Crippen MR) is 48.9 cm³/mol. The molecule has 0 radical (unpaired) electrons. The minimum atomic E-state index is -2.51. The Hall–Kier alpha value is -1.63. The third kappa shape index (κ3) is 1.82. The van der Waals surface area contributed by atoms with Gasteiger partial charge in [0, 0.05) is 6.42 Å². The SMILES string of the molecule is CC1=NC(O)=C(C(=O)O)CC1=S(=O)=O. The molecule has 0 aromatic heterocycles. The Bertz CT molecular complexity index is 474. The van der Waals surface area contributed by atoms with E-state index in [1.165, 1.54) is 6.92 Å². The molecule has 0 saturated carbocycles. The van der Waals surface area contributed by atoms with Crippen LogP contribution in [0.4, 0.5) is 0 Å². The number of aliphatic carboxylic acids is 1. The molecule has 1 heterocycles. The molecule has 0 saturated heterocycles. The summed E-state index contributed by atoms with van der Waals surface area (Å²) in [7, 11) is -2.51. The Morgan fingerprint density at radius 2 is 2.07 bits per heavy atom. The van der Waals surface area contributed by atoms with Gasteiger partial charge in [-0.2, -0.15) is 8.42 Å². The number of nitrogens with zero attached hydrogens (tertiary/aromatic N) is 1. The Kier molecular flexibility index (Phi) is 2.70. The molecule has 14 heavy (non-hydrogen) atoms. The van der Waals surface area contributed by atoms with Crippen LogP contribution in [0.3, 0.4) is 0 Å². The molecule has 0 atom stereocenters. The molecule has 0 spiro atoms. The number of carboxylic acid groups (broad SMARTS) is 1. The molecule has 0 aliphatic carbocycles. The molecule has 0 fully saturated rings. The van der Waals surface area contributed by atoms with Gasteiger partial charge in [0.15, 0.2) is 0 Å². The van der Waals surface area contributed by atoms with E-state index in [0.29, 0.717) is 0 Å². The first-order chi connectivity index (χ1) is 6.43. The monoisotopic (exact) mass is 217 g/mol. The van der Waals surface area contributed by atoms with Crippen LogP contribution in [0, 0.1) is 0 Å². The fourth-order valence-electron chi connectivity index (χ4n) is 1.01. The van der Waals surface area contributed by atoms with Crippen molar-refractivity contribution in [2.24, 2.45) is 4.99 Å². The van der Waals surface area contributed by atoms with Gasteiger partial charge < -0.3 is 10.2 Å². The minimum Gasteiger partial charge on any atom is -0.493 e. The van der Waals surface area contributed by atoms with Gasteiger partial charge in [-0.3, -0.25) is 0 Å². The summed E-state index contributed by atoms with van der Waals surface area (Å²) in [5.41, 5.74) is -0.296. The standard InChI is InChI=1S/C7H7NO5S/c1-3-5(14(12)13)2-4(7(10)11)6(9)8-3/h9H,2H2,1H3,(H,10,11). The van der Waals surface area contributed by atoms with Gasteiger partial charge in [-0.1, -0.05) is 0 Å². The zero-order chi connectivity index (χ0) is 10.9. The van der Waals surface area contributed by atoms with E-state index < -0.39 is 27.7 Å². The van der Waals surface area contributed by atoms with Crippen LogP contribution in [-0.2, 0) is 15.1 Å². The summed E-state index contributed by atoms with van der Waals surface area (Å²) in [6.45, 7) is 1.39. The third-order valence-corrected chi connectivity index (χ3v) is 2.59. The van der Waals surface area contributed by atoms with Crippen LogP contribution in [0.5, 0.6) is 0 Å². The third-order valence-electron chi connectivity index (χ3n) is 1.74. The van der Waals surface area contributed by atoms with E-state index in [4.69, 9.17) is 10.2 Å². The van der Waals surface area contributed by atoms with E-state index in [1.807, 2.05) is 0 Å². The lowest BCUT2D eigenvalue weighted by molar-refractivity contribution is -0.132.